The van der Waals surface area contributed by atoms with Gasteiger partial charge in [0.2, 0.25) is 0 Å². The summed E-state index contributed by atoms with van der Waals surface area (Å²) >= 11 is 0. The highest BCUT2D eigenvalue weighted by Gasteiger charge is 2.64. The molecule has 22 heavy (non-hydrogen) atoms. The molecule has 0 aliphatic rings. The standard InChI is InChI=1S/C9H5F8N5/c1-21-6(22-3-2-18-20-22)4(8(12,13)14)5(19-21)7(10,11)9(15,16)17/h2-3H,1H3. The van der Waals surface area contributed by atoms with Crippen LogP contribution in [0.5, 0.6) is 0 Å². The van der Waals surface area contributed by atoms with E-state index in [9.17, 15) is 35.1 Å². The molecule has 0 aliphatic heterocycles. The third-order valence-corrected chi connectivity index (χ3v) is 2.59. The van der Waals surface area contributed by atoms with Crippen LogP contribution in [0.3, 0.4) is 0 Å². The SMILES string of the molecule is Cn1nc(C(F)(F)C(F)(F)F)c(C(F)(F)F)c1-n1ccnn1. The van der Waals surface area contributed by atoms with Gasteiger partial charge in [0.1, 0.15) is 5.56 Å². The van der Waals surface area contributed by atoms with Crippen LogP contribution in [0.4, 0.5) is 35.1 Å². The van der Waals surface area contributed by atoms with Crippen molar-refractivity contribution in [1.29, 1.82) is 0 Å². The van der Waals surface area contributed by atoms with Gasteiger partial charge in [-0.3, -0.25) is 0 Å². The maximum atomic E-state index is 13.3. The summed E-state index contributed by atoms with van der Waals surface area (Å²) in [6, 6.07) is 0. The van der Waals surface area contributed by atoms with Gasteiger partial charge in [0.05, 0.1) is 12.4 Å². The van der Waals surface area contributed by atoms with Crippen LogP contribution in [0, 0.1) is 0 Å². The molecule has 0 bridgehead atoms. The van der Waals surface area contributed by atoms with Crippen molar-refractivity contribution in [1.82, 2.24) is 24.8 Å². The normalized spacial score (nSPS) is 13.7. The first-order valence-corrected chi connectivity index (χ1v) is 5.33. The van der Waals surface area contributed by atoms with Crippen LogP contribution >= 0.6 is 0 Å². The lowest BCUT2D eigenvalue weighted by Crippen LogP contribution is -2.36. The van der Waals surface area contributed by atoms with Gasteiger partial charge < -0.3 is 0 Å². The Labute approximate surface area is 116 Å². The van der Waals surface area contributed by atoms with Crippen LogP contribution in [-0.2, 0) is 19.1 Å². The van der Waals surface area contributed by atoms with Crippen molar-refractivity contribution >= 4 is 0 Å². The molecule has 2 aromatic rings. The number of aryl methyl sites for hydroxylation is 1. The predicted molar refractivity (Wildman–Crippen MR) is 53.1 cm³/mol. The van der Waals surface area contributed by atoms with Gasteiger partial charge in [-0.25, -0.2) is 9.36 Å². The topological polar surface area (TPSA) is 48.5 Å². The molecular formula is C9H5F8N5. The summed E-state index contributed by atoms with van der Waals surface area (Å²) in [5.41, 5.74) is -4.68. The molecule has 0 unspecified atom stereocenters. The summed E-state index contributed by atoms with van der Waals surface area (Å²) in [4.78, 5) is 0. The van der Waals surface area contributed by atoms with E-state index in [1.165, 1.54) is 0 Å². The van der Waals surface area contributed by atoms with E-state index in [0.717, 1.165) is 19.4 Å². The van der Waals surface area contributed by atoms with Gasteiger partial charge >= 0.3 is 18.3 Å². The number of halogens is 8. The van der Waals surface area contributed by atoms with Gasteiger partial charge in [-0.1, -0.05) is 5.21 Å². The largest absolute Gasteiger partial charge is 0.459 e. The fourth-order valence-corrected chi connectivity index (χ4v) is 1.71. The van der Waals surface area contributed by atoms with Crippen molar-refractivity contribution in [2.75, 3.05) is 0 Å². The zero-order chi connectivity index (χ0) is 16.9. The highest BCUT2D eigenvalue weighted by Crippen LogP contribution is 2.48. The number of aromatic nitrogens is 5. The zero-order valence-electron chi connectivity index (χ0n) is 10.4. The van der Waals surface area contributed by atoms with Gasteiger partial charge in [-0.2, -0.15) is 40.2 Å². The van der Waals surface area contributed by atoms with Crippen molar-refractivity contribution in [3.63, 3.8) is 0 Å². The number of alkyl halides is 8. The molecule has 0 atom stereocenters. The van der Waals surface area contributed by atoms with Crippen molar-refractivity contribution in [3.8, 4) is 5.82 Å². The molecule has 0 aliphatic carbocycles. The van der Waals surface area contributed by atoms with Crippen molar-refractivity contribution in [2.45, 2.75) is 18.3 Å². The minimum Gasteiger partial charge on any atom is -0.250 e. The van der Waals surface area contributed by atoms with Crippen LogP contribution in [0.25, 0.3) is 5.82 Å². The lowest BCUT2D eigenvalue weighted by atomic mass is 10.1. The maximum absolute atomic E-state index is 13.3. The number of hydrogen-bond donors (Lipinski definition) is 0. The van der Waals surface area contributed by atoms with E-state index in [2.05, 4.69) is 15.4 Å². The Hall–Kier alpha value is -2.21. The molecule has 5 nitrogen and oxygen atoms in total. The molecule has 2 heterocycles. The van der Waals surface area contributed by atoms with E-state index in [0.29, 0.717) is 4.68 Å². The van der Waals surface area contributed by atoms with Crippen LogP contribution in [0.2, 0.25) is 0 Å². The first kappa shape index (κ1) is 16.2. The molecule has 0 radical (unpaired) electrons. The van der Waals surface area contributed by atoms with Gasteiger partial charge in [0, 0.05) is 7.05 Å². The zero-order valence-corrected chi connectivity index (χ0v) is 10.4. The number of hydrogen-bond acceptors (Lipinski definition) is 3. The summed E-state index contributed by atoms with van der Waals surface area (Å²) in [7, 11) is 0.780. The molecule has 0 amide bonds. The van der Waals surface area contributed by atoms with E-state index >= 15 is 0 Å². The summed E-state index contributed by atoms with van der Waals surface area (Å²) in [5.74, 6) is -6.89. The second-order valence-electron chi connectivity index (χ2n) is 4.09. The van der Waals surface area contributed by atoms with Gasteiger partial charge in [-0.15, -0.1) is 5.10 Å². The van der Waals surface area contributed by atoms with Crippen molar-refractivity contribution in [2.24, 2.45) is 7.05 Å². The van der Waals surface area contributed by atoms with Gasteiger partial charge in [0.25, 0.3) is 0 Å². The van der Waals surface area contributed by atoms with Crippen molar-refractivity contribution in [3.05, 3.63) is 23.7 Å². The molecule has 122 valence electrons. The summed E-state index contributed by atoms with van der Waals surface area (Å²) in [6.45, 7) is 0. The highest BCUT2D eigenvalue weighted by molar-refractivity contribution is 5.42. The minimum absolute atomic E-state index is 0.229. The van der Waals surface area contributed by atoms with E-state index in [1.807, 2.05) is 0 Å². The van der Waals surface area contributed by atoms with Crippen LogP contribution < -0.4 is 0 Å². The lowest BCUT2D eigenvalue weighted by Gasteiger charge is -2.19. The molecule has 0 saturated heterocycles. The third-order valence-electron chi connectivity index (χ3n) is 2.59. The molecular weight excluding hydrogens is 330 g/mol. The first-order valence-electron chi connectivity index (χ1n) is 5.33. The van der Waals surface area contributed by atoms with Crippen LogP contribution in [0.15, 0.2) is 12.4 Å². The molecule has 0 spiro atoms. The van der Waals surface area contributed by atoms with Crippen LogP contribution in [0.1, 0.15) is 11.3 Å². The molecule has 2 aromatic heterocycles. The third kappa shape index (κ3) is 2.39. The Bertz CT molecular complexity index is 665. The monoisotopic (exact) mass is 335 g/mol. The second-order valence-corrected chi connectivity index (χ2v) is 4.09. The maximum Gasteiger partial charge on any atom is 0.459 e. The van der Waals surface area contributed by atoms with E-state index < -0.39 is 35.4 Å². The molecule has 0 N–H and O–H groups in total. The van der Waals surface area contributed by atoms with Crippen LogP contribution in [-0.4, -0.2) is 31.0 Å². The summed E-state index contributed by atoms with van der Waals surface area (Å²) in [5, 5.41) is 9.05. The molecule has 0 fully saturated rings. The van der Waals surface area contributed by atoms with Gasteiger partial charge in [0.15, 0.2) is 11.5 Å². The predicted octanol–water partition coefficient (Wildman–Crippen LogP) is 2.67. The first-order chi connectivity index (χ1) is 9.87. The Balaban J connectivity index is 2.81. The van der Waals surface area contributed by atoms with E-state index in [4.69, 9.17) is 0 Å². The fraction of sp³-hybridized carbons (Fsp3) is 0.444. The smallest absolute Gasteiger partial charge is 0.250 e. The molecule has 0 saturated carbocycles. The summed E-state index contributed by atoms with van der Waals surface area (Å²) < 4.78 is 103. The van der Waals surface area contributed by atoms with E-state index in [1.54, 1.807) is 0 Å². The average molecular weight is 335 g/mol. The minimum atomic E-state index is -6.24. The Morgan fingerprint density at radius 3 is 2.00 bits per heavy atom. The highest BCUT2D eigenvalue weighted by atomic mass is 19.4. The molecule has 0 aromatic carbocycles. The average Bonchev–Trinajstić information content (AvgIpc) is 2.92. The Kier molecular flexibility index (Phi) is 3.41. The molecule has 13 heteroatoms. The number of nitrogens with zero attached hydrogens (tertiary/aromatic N) is 5. The Morgan fingerprint density at radius 2 is 1.59 bits per heavy atom. The van der Waals surface area contributed by atoms with E-state index in [-0.39, 0.29) is 4.68 Å². The fourth-order valence-electron chi connectivity index (χ4n) is 1.71. The lowest BCUT2D eigenvalue weighted by molar-refractivity contribution is -0.292. The Morgan fingerprint density at radius 1 is 1.00 bits per heavy atom. The summed E-state index contributed by atoms with van der Waals surface area (Å²) in [6.07, 6.45) is -9.98. The quantitative estimate of drug-likeness (QED) is 0.793. The molecule has 2 rings (SSSR count). The second kappa shape index (κ2) is 4.64. The van der Waals surface area contributed by atoms with Gasteiger partial charge in [-0.05, 0) is 0 Å². The number of rotatable bonds is 2. The van der Waals surface area contributed by atoms with Crippen molar-refractivity contribution < 1.29 is 35.1 Å².